The largest absolute Gasteiger partial charge is 0.491 e. The molecule has 1 heterocycles. The van der Waals surface area contributed by atoms with Crippen LogP contribution in [0.3, 0.4) is 0 Å². The molecule has 0 atom stereocenters. The highest BCUT2D eigenvalue weighted by molar-refractivity contribution is 5.97. The Bertz CT molecular complexity index is 432. The van der Waals surface area contributed by atoms with E-state index in [4.69, 9.17) is 15.7 Å². The van der Waals surface area contributed by atoms with Crippen LogP contribution in [0.15, 0.2) is 17.4 Å². The lowest BCUT2D eigenvalue weighted by Gasteiger charge is -2.11. The van der Waals surface area contributed by atoms with Gasteiger partial charge in [-0.25, -0.2) is 4.98 Å². The van der Waals surface area contributed by atoms with E-state index in [0.29, 0.717) is 6.20 Å². The van der Waals surface area contributed by atoms with Crippen molar-refractivity contribution in [2.24, 2.45) is 10.9 Å². The van der Waals surface area contributed by atoms with Crippen LogP contribution in [0.1, 0.15) is 18.2 Å². The molecule has 0 aliphatic carbocycles. The zero-order valence-corrected chi connectivity index (χ0v) is 8.82. The maximum absolute atomic E-state index is 12.4. The number of ether oxygens (including phenoxy) is 1. The fourth-order valence-corrected chi connectivity index (χ4v) is 1.10. The summed E-state index contributed by atoms with van der Waals surface area (Å²) in [5.74, 6) is -0.597. The van der Waals surface area contributed by atoms with Crippen LogP contribution < -0.4 is 10.5 Å². The number of amidine groups is 1. The van der Waals surface area contributed by atoms with Gasteiger partial charge in [0.2, 0.25) is 0 Å². The zero-order valence-electron chi connectivity index (χ0n) is 8.82. The molecule has 94 valence electrons. The molecule has 0 bridgehead atoms. The average Bonchev–Trinajstić information content (AvgIpc) is 2.27. The van der Waals surface area contributed by atoms with Gasteiger partial charge in [-0.05, 0) is 13.0 Å². The van der Waals surface area contributed by atoms with Crippen molar-refractivity contribution in [3.63, 3.8) is 0 Å². The Kier molecular flexibility index (Phi) is 3.77. The van der Waals surface area contributed by atoms with Crippen LogP contribution >= 0.6 is 0 Å². The summed E-state index contributed by atoms with van der Waals surface area (Å²) in [7, 11) is 0. The smallest absolute Gasteiger partial charge is 0.418 e. The molecule has 0 spiro atoms. The highest BCUT2D eigenvalue weighted by Gasteiger charge is 2.32. The van der Waals surface area contributed by atoms with E-state index in [1.54, 1.807) is 6.92 Å². The highest BCUT2D eigenvalue weighted by Crippen LogP contribution is 2.31. The fraction of sp³-hybridized carbons (Fsp3) is 0.333. The quantitative estimate of drug-likeness (QED) is 0.369. The van der Waals surface area contributed by atoms with Crippen molar-refractivity contribution in [1.29, 1.82) is 0 Å². The van der Waals surface area contributed by atoms with E-state index in [-0.39, 0.29) is 18.1 Å². The number of oxime groups is 1. The van der Waals surface area contributed by atoms with Crippen LogP contribution in [-0.2, 0) is 6.18 Å². The summed E-state index contributed by atoms with van der Waals surface area (Å²) in [5, 5.41) is 11.1. The van der Waals surface area contributed by atoms with Crippen LogP contribution in [0.4, 0.5) is 13.2 Å². The zero-order chi connectivity index (χ0) is 13.1. The summed E-state index contributed by atoms with van der Waals surface area (Å²) in [6, 6.07) is 0.754. The molecule has 0 saturated carbocycles. The predicted octanol–water partition coefficient (Wildman–Crippen LogP) is 1.59. The number of hydrogen-bond acceptors (Lipinski definition) is 4. The second-order valence-electron chi connectivity index (χ2n) is 2.99. The SMILES string of the molecule is CCOc1cc(C(F)(F)F)cnc1/C(N)=N/O. The molecular weight excluding hydrogens is 239 g/mol. The van der Waals surface area contributed by atoms with E-state index in [0.717, 1.165) is 6.07 Å². The van der Waals surface area contributed by atoms with Gasteiger partial charge < -0.3 is 15.7 Å². The molecule has 1 rings (SSSR count). The first-order valence-electron chi connectivity index (χ1n) is 4.58. The van der Waals surface area contributed by atoms with Gasteiger partial charge in [-0.2, -0.15) is 13.2 Å². The Morgan fingerprint density at radius 3 is 2.71 bits per heavy atom. The van der Waals surface area contributed by atoms with Crippen molar-refractivity contribution in [3.05, 3.63) is 23.5 Å². The fourth-order valence-electron chi connectivity index (χ4n) is 1.10. The Hall–Kier alpha value is -1.99. The number of aromatic nitrogens is 1. The normalized spacial score (nSPS) is 12.6. The summed E-state index contributed by atoms with van der Waals surface area (Å²) in [6.45, 7) is 1.73. The van der Waals surface area contributed by atoms with Crippen LogP contribution in [0, 0.1) is 0 Å². The molecule has 0 aliphatic heterocycles. The average molecular weight is 249 g/mol. The van der Waals surface area contributed by atoms with Gasteiger partial charge in [0.1, 0.15) is 5.75 Å². The maximum atomic E-state index is 12.4. The van der Waals surface area contributed by atoms with E-state index in [9.17, 15) is 13.2 Å². The number of hydrogen-bond donors (Lipinski definition) is 2. The Morgan fingerprint density at radius 2 is 2.24 bits per heavy atom. The first-order chi connectivity index (χ1) is 7.90. The molecule has 8 heteroatoms. The minimum atomic E-state index is -4.53. The molecule has 0 saturated heterocycles. The van der Waals surface area contributed by atoms with Gasteiger partial charge in [0.25, 0.3) is 0 Å². The molecule has 0 unspecified atom stereocenters. The Balaban J connectivity index is 3.27. The van der Waals surface area contributed by atoms with Crippen molar-refractivity contribution in [2.45, 2.75) is 13.1 Å². The minimum absolute atomic E-state index is 0.134. The molecule has 5 nitrogen and oxygen atoms in total. The number of pyridine rings is 1. The van der Waals surface area contributed by atoms with Crippen LogP contribution in [-0.4, -0.2) is 22.6 Å². The third-order valence-electron chi connectivity index (χ3n) is 1.83. The summed E-state index contributed by atoms with van der Waals surface area (Å²) in [6.07, 6.45) is -3.93. The molecule has 1 aromatic rings. The highest BCUT2D eigenvalue weighted by atomic mass is 19.4. The van der Waals surface area contributed by atoms with Crippen molar-refractivity contribution in [3.8, 4) is 5.75 Å². The van der Waals surface area contributed by atoms with Crippen LogP contribution in [0.25, 0.3) is 0 Å². The molecule has 1 aromatic heterocycles. The lowest BCUT2D eigenvalue weighted by Crippen LogP contribution is -2.18. The standard InChI is InChI=1S/C9H10F3N3O2/c1-2-17-6-3-5(9(10,11)12)4-14-7(6)8(13)15-16/h3-4,16H,2H2,1H3,(H2,13,15). The van der Waals surface area contributed by atoms with Crippen LogP contribution in [0.5, 0.6) is 5.75 Å². The lowest BCUT2D eigenvalue weighted by molar-refractivity contribution is -0.137. The van der Waals surface area contributed by atoms with Crippen molar-refractivity contribution in [1.82, 2.24) is 4.98 Å². The molecular formula is C9H10F3N3O2. The third kappa shape index (κ3) is 2.99. The van der Waals surface area contributed by atoms with E-state index < -0.39 is 17.6 Å². The van der Waals surface area contributed by atoms with Gasteiger partial charge in [0.15, 0.2) is 11.5 Å². The lowest BCUT2D eigenvalue weighted by atomic mass is 10.2. The third-order valence-corrected chi connectivity index (χ3v) is 1.83. The second kappa shape index (κ2) is 4.89. The van der Waals surface area contributed by atoms with Gasteiger partial charge in [-0.3, -0.25) is 0 Å². The van der Waals surface area contributed by atoms with Gasteiger partial charge >= 0.3 is 6.18 Å². The van der Waals surface area contributed by atoms with E-state index in [1.807, 2.05) is 0 Å². The number of rotatable bonds is 3. The summed E-state index contributed by atoms with van der Waals surface area (Å²) >= 11 is 0. The molecule has 0 aromatic carbocycles. The second-order valence-corrected chi connectivity index (χ2v) is 2.99. The van der Waals surface area contributed by atoms with E-state index >= 15 is 0 Å². The number of nitrogens with zero attached hydrogens (tertiary/aromatic N) is 2. The van der Waals surface area contributed by atoms with Gasteiger partial charge in [-0.1, -0.05) is 5.16 Å². The van der Waals surface area contributed by atoms with Gasteiger partial charge in [-0.15, -0.1) is 0 Å². The summed E-state index contributed by atoms with van der Waals surface area (Å²) in [4.78, 5) is 3.47. The Labute approximate surface area is 94.7 Å². The van der Waals surface area contributed by atoms with Crippen molar-refractivity contribution in [2.75, 3.05) is 6.61 Å². The number of nitrogens with two attached hydrogens (primary N) is 1. The molecule has 0 amide bonds. The Morgan fingerprint density at radius 1 is 1.59 bits per heavy atom. The van der Waals surface area contributed by atoms with Crippen molar-refractivity contribution < 1.29 is 23.1 Å². The van der Waals surface area contributed by atoms with Crippen LogP contribution in [0.2, 0.25) is 0 Å². The monoisotopic (exact) mass is 249 g/mol. The van der Waals surface area contributed by atoms with Gasteiger partial charge in [0.05, 0.1) is 12.2 Å². The molecule has 3 N–H and O–H groups in total. The molecule has 0 fully saturated rings. The first-order valence-corrected chi connectivity index (χ1v) is 4.58. The summed E-state index contributed by atoms with van der Waals surface area (Å²) in [5.41, 5.74) is 4.16. The topological polar surface area (TPSA) is 80.7 Å². The maximum Gasteiger partial charge on any atom is 0.418 e. The van der Waals surface area contributed by atoms with Gasteiger partial charge in [0, 0.05) is 6.20 Å². The van der Waals surface area contributed by atoms with E-state index in [1.165, 1.54) is 0 Å². The molecule has 0 aliphatic rings. The number of halogens is 3. The first kappa shape index (κ1) is 13.1. The predicted molar refractivity (Wildman–Crippen MR) is 52.9 cm³/mol. The summed E-state index contributed by atoms with van der Waals surface area (Å²) < 4.78 is 42.2. The number of alkyl halides is 3. The minimum Gasteiger partial charge on any atom is -0.491 e. The van der Waals surface area contributed by atoms with Crippen molar-refractivity contribution >= 4 is 5.84 Å². The molecule has 17 heavy (non-hydrogen) atoms. The molecule has 0 radical (unpaired) electrons. The van der Waals surface area contributed by atoms with E-state index in [2.05, 4.69) is 10.1 Å².